The number of halogens is 2. The summed E-state index contributed by atoms with van der Waals surface area (Å²) in [5, 5.41) is 16.8. The van der Waals surface area contributed by atoms with Gasteiger partial charge >= 0.3 is 0 Å². The van der Waals surface area contributed by atoms with Crippen LogP contribution in [0, 0.1) is 11.6 Å². The molecule has 1 aromatic carbocycles. The Bertz CT molecular complexity index is 980. The fraction of sp³-hybridized carbons (Fsp3) is 0.100. The normalized spacial score (nSPS) is 10.7. The van der Waals surface area contributed by atoms with E-state index in [9.17, 15) is 13.6 Å². The molecule has 29 heavy (non-hydrogen) atoms. The maximum atomic E-state index is 13.5. The number of carbonyl (C=O) groups excluding carboxylic acids is 1. The molecule has 0 spiro atoms. The highest BCUT2D eigenvalue weighted by atomic mass is 19.1. The molecule has 3 aromatic rings. The number of benzene rings is 1. The third-order valence-corrected chi connectivity index (χ3v) is 3.72. The van der Waals surface area contributed by atoms with Crippen LogP contribution in [0.15, 0.2) is 60.9 Å². The second kappa shape index (κ2) is 9.88. The number of rotatable bonds is 8. The lowest BCUT2D eigenvalue weighted by Gasteiger charge is -2.07. The van der Waals surface area contributed by atoms with Crippen LogP contribution in [0.2, 0.25) is 0 Å². The molecule has 3 N–H and O–H groups in total. The molecule has 0 aliphatic carbocycles. The van der Waals surface area contributed by atoms with Gasteiger partial charge in [0, 0.05) is 42.8 Å². The fourth-order valence-corrected chi connectivity index (χ4v) is 2.32. The minimum absolute atomic E-state index is 0.00835. The smallest absolute Gasteiger partial charge is 0.244 e. The van der Waals surface area contributed by atoms with E-state index in [4.69, 9.17) is 0 Å². The number of amides is 1. The van der Waals surface area contributed by atoms with E-state index in [1.165, 1.54) is 6.08 Å². The summed E-state index contributed by atoms with van der Waals surface area (Å²) in [6.45, 7) is 0.729. The Morgan fingerprint density at radius 1 is 0.966 bits per heavy atom. The summed E-state index contributed by atoms with van der Waals surface area (Å²) in [5.41, 5.74) is 0.859. The molecule has 1 amide bonds. The van der Waals surface area contributed by atoms with Gasteiger partial charge in [-0.05, 0) is 48.5 Å². The minimum atomic E-state index is -0.599. The topological polar surface area (TPSA) is 91.8 Å². The third kappa shape index (κ3) is 6.35. The summed E-state index contributed by atoms with van der Waals surface area (Å²) in [6, 6.07) is 10.2. The van der Waals surface area contributed by atoms with E-state index in [2.05, 4.69) is 31.1 Å². The van der Waals surface area contributed by atoms with Gasteiger partial charge in [0.2, 0.25) is 5.91 Å². The van der Waals surface area contributed by atoms with Gasteiger partial charge in [-0.15, -0.1) is 10.2 Å². The van der Waals surface area contributed by atoms with Crippen LogP contribution >= 0.6 is 0 Å². The predicted molar refractivity (Wildman–Crippen MR) is 106 cm³/mol. The summed E-state index contributed by atoms with van der Waals surface area (Å²) in [7, 11) is 0. The van der Waals surface area contributed by atoms with Crippen LogP contribution in [0.1, 0.15) is 5.56 Å². The summed E-state index contributed by atoms with van der Waals surface area (Å²) in [4.78, 5) is 15.7. The van der Waals surface area contributed by atoms with Gasteiger partial charge in [0.15, 0.2) is 5.82 Å². The molecular formula is C20H18F2N6O. The third-order valence-electron chi connectivity index (χ3n) is 3.72. The van der Waals surface area contributed by atoms with Crippen molar-refractivity contribution in [2.75, 3.05) is 23.7 Å². The monoisotopic (exact) mass is 396 g/mol. The van der Waals surface area contributed by atoms with Crippen LogP contribution in [-0.2, 0) is 4.79 Å². The minimum Gasteiger partial charge on any atom is -0.367 e. The van der Waals surface area contributed by atoms with Gasteiger partial charge in [-0.2, -0.15) is 0 Å². The standard InChI is InChI=1S/C20H18F2N6O/c21-15-2-3-17(22)14(13-15)1-6-20(29)25-12-11-24-18-4-5-19(28-27-18)26-16-7-9-23-10-8-16/h1-10,13H,11-12H2,(H,24,27)(H,25,29)(H,23,26,28)/b6-1+. The number of hydrogen-bond donors (Lipinski definition) is 3. The molecule has 9 heteroatoms. The molecule has 2 heterocycles. The Balaban J connectivity index is 1.40. The molecule has 0 saturated heterocycles. The average Bonchev–Trinajstić information content (AvgIpc) is 2.74. The van der Waals surface area contributed by atoms with Gasteiger partial charge in [0.05, 0.1) is 0 Å². The van der Waals surface area contributed by atoms with Gasteiger partial charge in [0.25, 0.3) is 0 Å². The molecule has 2 aromatic heterocycles. The molecule has 0 radical (unpaired) electrons. The molecule has 0 saturated carbocycles. The number of anilines is 3. The fourth-order valence-electron chi connectivity index (χ4n) is 2.32. The first-order valence-corrected chi connectivity index (χ1v) is 8.76. The van der Waals surface area contributed by atoms with Crippen molar-refractivity contribution in [3.63, 3.8) is 0 Å². The van der Waals surface area contributed by atoms with Crippen LogP contribution in [0.3, 0.4) is 0 Å². The molecule has 148 valence electrons. The molecule has 0 atom stereocenters. The highest BCUT2D eigenvalue weighted by Gasteiger charge is 2.02. The molecule has 0 aliphatic rings. The lowest BCUT2D eigenvalue weighted by atomic mass is 10.2. The molecule has 0 fully saturated rings. The van der Waals surface area contributed by atoms with Crippen molar-refractivity contribution < 1.29 is 13.6 Å². The van der Waals surface area contributed by atoms with E-state index in [0.29, 0.717) is 24.7 Å². The van der Waals surface area contributed by atoms with Gasteiger partial charge in [0.1, 0.15) is 17.5 Å². The number of nitrogens with one attached hydrogen (secondary N) is 3. The molecule has 7 nitrogen and oxygen atoms in total. The van der Waals surface area contributed by atoms with E-state index in [-0.39, 0.29) is 5.56 Å². The van der Waals surface area contributed by atoms with Gasteiger partial charge in [-0.3, -0.25) is 9.78 Å². The molecule has 0 aliphatic heterocycles. The summed E-state index contributed by atoms with van der Waals surface area (Å²) in [6.07, 6.45) is 5.71. The zero-order valence-electron chi connectivity index (χ0n) is 15.3. The Kier molecular flexibility index (Phi) is 6.77. The highest BCUT2D eigenvalue weighted by Crippen LogP contribution is 2.13. The largest absolute Gasteiger partial charge is 0.367 e. The van der Waals surface area contributed by atoms with Crippen LogP contribution in [0.4, 0.5) is 26.1 Å². The quantitative estimate of drug-likeness (QED) is 0.400. The number of aromatic nitrogens is 3. The summed E-state index contributed by atoms with van der Waals surface area (Å²) >= 11 is 0. The highest BCUT2D eigenvalue weighted by molar-refractivity contribution is 5.91. The lowest BCUT2D eigenvalue weighted by molar-refractivity contribution is -0.116. The van der Waals surface area contributed by atoms with Crippen LogP contribution in [-0.4, -0.2) is 34.2 Å². The summed E-state index contributed by atoms with van der Waals surface area (Å²) in [5.74, 6) is -0.448. The van der Waals surface area contributed by atoms with E-state index in [1.807, 2.05) is 12.1 Å². The first-order chi connectivity index (χ1) is 14.1. The molecule has 0 unspecified atom stereocenters. The number of hydrogen-bond acceptors (Lipinski definition) is 6. The lowest BCUT2D eigenvalue weighted by Crippen LogP contribution is -2.27. The Hall–Kier alpha value is -3.88. The molecular weight excluding hydrogens is 378 g/mol. The van der Waals surface area contributed by atoms with E-state index < -0.39 is 17.5 Å². The van der Waals surface area contributed by atoms with E-state index >= 15 is 0 Å². The maximum absolute atomic E-state index is 13.5. The van der Waals surface area contributed by atoms with Crippen molar-refractivity contribution in [3.8, 4) is 0 Å². The first kappa shape index (κ1) is 19.9. The van der Waals surface area contributed by atoms with Crippen LogP contribution in [0.25, 0.3) is 6.08 Å². The van der Waals surface area contributed by atoms with Crippen molar-refractivity contribution >= 4 is 29.3 Å². The SMILES string of the molecule is O=C(/C=C/c1cc(F)ccc1F)NCCNc1ccc(Nc2ccncc2)nn1. The van der Waals surface area contributed by atoms with Crippen molar-refractivity contribution in [1.29, 1.82) is 0 Å². The van der Waals surface area contributed by atoms with Crippen LogP contribution < -0.4 is 16.0 Å². The second-order valence-corrected chi connectivity index (χ2v) is 5.88. The summed E-state index contributed by atoms with van der Waals surface area (Å²) < 4.78 is 26.6. The number of nitrogens with zero attached hydrogens (tertiary/aromatic N) is 3. The Labute approximate surface area is 165 Å². The van der Waals surface area contributed by atoms with Gasteiger partial charge in [-0.25, -0.2) is 8.78 Å². The van der Waals surface area contributed by atoms with Crippen molar-refractivity contribution in [3.05, 3.63) is 78.1 Å². The van der Waals surface area contributed by atoms with Gasteiger partial charge in [-0.1, -0.05) is 0 Å². The molecule has 0 bridgehead atoms. The maximum Gasteiger partial charge on any atom is 0.244 e. The van der Waals surface area contributed by atoms with Crippen LogP contribution in [0.5, 0.6) is 0 Å². The number of carbonyl (C=O) groups is 1. The Morgan fingerprint density at radius 2 is 1.72 bits per heavy atom. The van der Waals surface area contributed by atoms with E-state index in [1.54, 1.807) is 24.5 Å². The zero-order chi connectivity index (χ0) is 20.5. The molecule has 3 rings (SSSR count). The Morgan fingerprint density at radius 3 is 2.48 bits per heavy atom. The van der Waals surface area contributed by atoms with Crippen molar-refractivity contribution in [2.24, 2.45) is 0 Å². The van der Waals surface area contributed by atoms with E-state index in [0.717, 1.165) is 30.0 Å². The average molecular weight is 396 g/mol. The van der Waals surface area contributed by atoms with Crippen molar-refractivity contribution in [2.45, 2.75) is 0 Å². The van der Waals surface area contributed by atoms with Gasteiger partial charge < -0.3 is 16.0 Å². The van der Waals surface area contributed by atoms with Crippen molar-refractivity contribution in [1.82, 2.24) is 20.5 Å². The predicted octanol–water partition coefficient (Wildman–Crippen LogP) is 3.13. The first-order valence-electron chi connectivity index (χ1n) is 8.76. The number of pyridine rings is 1. The zero-order valence-corrected chi connectivity index (χ0v) is 15.3. The second-order valence-electron chi connectivity index (χ2n) is 5.88.